The second kappa shape index (κ2) is 6.32. The summed E-state index contributed by atoms with van der Waals surface area (Å²) >= 11 is 4.84. The number of hydrogen-bond acceptors (Lipinski definition) is 7. The highest BCUT2D eigenvalue weighted by molar-refractivity contribution is 6.21. The van der Waals surface area contributed by atoms with E-state index in [0.29, 0.717) is 11.5 Å². The van der Waals surface area contributed by atoms with Gasteiger partial charge in [0.1, 0.15) is 0 Å². The van der Waals surface area contributed by atoms with E-state index in [2.05, 4.69) is 34.9 Å². The van der Waals surface area contributed by atoms with Crippen LogP contribution in [0.5, 0.6) is 0 Å². The Hall–Kier alpha value is -2.68. The van der Waals surface area contributed by atoms with Gasteiger partial charge in [0.25, 0.3) is 0 Å². The molecule has 0 saturated heterocycles. The molecule has 3 aromatic rings. The largest absolute Gasteiger partial charge is 0.400 e. The standard InChI is InChI=1S/C15H13ClF2N6O/c1-14(2,10-5-3-4-6-19-10)23-13-20-7-9(8-21-13)11-22-12(25-24-11)15(16,17)18/h3-8H,1-2H3,(H,20,21,23). The van der Waals surface area contributed by atoms with E-state index in [1.807, 2.05) is 32.0 Å². The molecule has 0 aliphatic carbocycles. The molecule has 1 N–H and O–H groups in total. The summed E-state index contributed by atoms with van der Waals surface area (Å²) in [6.07, 6.45) is 4.49. The predicted molar refractivity (Wildman–Crippen MR) is 86.0 cm³/mol. The second-order valence-corrected chi connectivity index (χ2v) is 6.16. The van der Waals surface area contributed by atoms with Gasteiger partial charge in [-0.05, 0) is 37.6 Å². The highest BCUT2D eigenvalue weighted by Gasteiger charge is 2.35. The maximum atomic E-state index is 12.9. The summed E-state index contributed by atoms with van der Waals surface area (Å²) in [7, 11) is 0. The van der Waals surface area contributed by atoms with Crippen LogP contribution in [0, 0.1) is 0 Å². The normalized spacial score (nSPS) is 12.2. The summed E-state index contributed by atoms with van der Waals surface area (Å²) in [6.45, 7) is 3.86. The van der Waals surface area contributed by atoms with Crippen molar-refractivity contribution in [2.45, 2.75) is 24.8 Å². The molecule has 130 valence electrons. The van der Waals surface area contributed by atoms with Gasteiger partial charge >= 0.3 is 11.3 Å². The average Bonchev–Trinajstić information content (AvgIpc) is 3.06. The van der Waals surface area contributed by atoms with Crippen molar-refractivity contribution in [2.75, 3.05) is 5.32 Å². The van der Waals surface area contributed by atoms with Gasteiger partial charge in [0.15, 0.2) is 0 Å². The summed E-state index contributed by atoms with van der Waals surface area (Å²) in [5.74, 6) is -0.723. The average molecular weight is 367 g/mol. The molecule has 25 heavy (non-hydrogen) atoms. The summed E-state index contributed by atoms with van der Waals surface area (Å²) in [5, 5.41) is 2.87. The Morgan fingerprint density at radius 2 is 1.84 bits per heavy atom. The Labute approximate surface area is 146 Å². The van der Waals surface area contributed by atoms with Crippen LogP contribution in [0.4, 0.5) is 14.7 Å². The molecule has 0 spiro atoms. The van der Waals surface area contributed by atoms with Crippen LogP contribution in [0.3, 0.4) is 0 Å². The fraction of sp³-hybridized carbons (Fsp3) is 0.267. The molecular weight excluding hydrogens is 354 g/mol. The number of nitrogens with one attached hydrogen (secondary N) is 1. The number of alkyl halides is 3. The van der Waals surface area contributed by atoms with Crippen LogP contribution in [0.15, 0.2) is 41.3 Å². The molecule has 0 bridgehead atoms. The van der Waals surface area contributed by atoms with E-state index in [4.69, 9.17) is 11.6 Å². The molecule has 0 amide bonds. The van der Waals surface area contributed by atoms with E-state index in [1.165, 1.54) is 12.4 Å². The van der Waals surface area contributed by atoms with E-state index in [1.54, 1.807) is 6.20 Å². The van der Waals surface area contributed by atoms with Crippen molar-refractivity contribution in [3.8, 4) is 11.4 Å². The topological polar surface area (TPSA) is 89.6 Å². The summed E-state index contributed by atoms with van der Waals surface area (Å²) in [5.41, 5.74) is 0.620. The molecule has 3 aromatic heterocycles. The van der Waals surface area contributed by atoms with E-state index < -0.39 is 16.8 Å². The quantitative estimate of drug-likeness (QED) is 0.690. The minimum Gasteiger partial charge on any atom is -0.344 e. The van der Waals surface area contributed by atoms with Crippen LogP contribution in [-0.4, -0.2) is 25.1 Å². The van der Waals surface area contributed by atoms with Gasteiger partial charge in [0.05, 0.1) is 16.8 Å². The molecule has 0 fully saturated rings. The van der Waals surface area contributed by atoms with Gasteiger partial charge in [0, 0.05) is 18.6 Å². The Morgan fingerprint density at radius 3 is 2.40 bits per heavy atom. The second-order valence-electron chi connectivity index (χ2n) is 5.68. The maximum absolute atomic E-state index is 12.9. The molecule has 0 aromatic carbocycles. The molecule has 7 nitrogen and oxygen atoms in total. The molecule has 0 radical (unpaired) electrons. The number of nitrogens with zero attached hydrogens (tertiary/aromatic N) is 5. The number of aromatic nitrogens is 5. The van der Waals surface area contributed by atoms with Crippen molar-refractivity contribution in [1.82, 2.24) is 25.1 Å². The lowest BCUT2D eigenvalue weighted by Crippen LogP contribution is -2.30. The maximum Gasteiger partial charge on any atom is 0.400 e. The molecule has 10 heteroatoms. The van der Waals surface area contributed by atoms with Crippen molar-refractivity contribution in [2.24, 2.45) is 0 Å². The Kier molecular flexibility index (Phi) is 4.34. The van der Waals surface area contributed by atoms with Crippen LogP contribution in [-0.2, 0) is 10.9 Å². The molecule has 3 rings (SSSR count). The Bertz CT molecular complexity index is 848. The van der Waals surface area contributed by atoms with Crippen LogP contribution in [0.1, 0.15) is 25.4 Å². The van der Waals surface area contributed by atoms with E-state index in [0.717, 1.165) is 5.69 Å². The van der Waals surface area contributed by atoms with Gasteiger partial charge in [-0.1, -0.05) is 11.2 Å². The summed E-state index contributed by atoms with van der Waals surface area (Å²) in [4.78, 5) is 16.1. The fourth-order valence-electron chi connectivity index (χ4n) is 2.04. The molecule has 0 unspecified atom stereocenters. The zero-order valence-corrected chi connectivity index (χ0v) is 14.0. The minimum atomic E-state index is -3.72. The SMILES string of the molecule is CC(C)(Nc1ncc(-c2noc(C(F)(F)Cl)n2)cn1)c1ccccn1. The van der Waals surface area contributed by atoms with Crippen molar-refractivity contribution < 1.29 is 13.3 Å². The van der Waals surface area contributed by atoms with Crippen LogP contribution in [0.25, 0.3) is 11.4 Å². The minimum absolute atomic E-state index is 0.0779. The Morgan fingerprint density at radius 1 is 1.12 bits per heavy atom. The molecule has 0 atom stereocenters. The number of pyridine rings is 1. The first-order valence-corrected chi connectivity index (χ1v) is 7.56. The van der Waals surface area contributed by atoms with E-state index in [-0.39, 0.29) is 5.82 Å². The third-order valence-corrected chi connectivity index (χ3v) is 3.47. The van der Waals surface area contributed by atoms with Gasteiger partial charge in [-0.3, -0.25) is 4.98 Å². The lowest BCUT2D eigenvalue weighted by atomic mass is 10.0. The molecule has 0 aliphatic rings. The number of hydrogen-bond donors (Lipinski definition) is 1. The van der Waals surface area contributed by atoms with Crippen molar-refractivity contribution in [3.63, 3.8) is 0 Å². The first-order valence-electron chi connectivity index (χ1n) is 7.19. The van der Waals surface area contributed by atoms with Crippen molar-refractivity contribution in [1.29, 1.82) is 0 Å². The number of halogens is 3. The van der Waals surface area contributed by atoms with Gasteiger partial charge in [-0.2, -0.15) is 13.8 Å². The first-order chi connectivity index (χ1) is 11.8. The van der Waals surface area contributed by atoms with Crippen molar-refractivity contribution >= 4 is 17.5 Å². The van der Waals surface area contributed by atoms with Gasteiger partial charge in [-0.25, -0.2) is 9.97 Å². The van der Waals surface area contributed by atoms with Crippen LogP contribution < -0.4 is 5.32 Å². The van der Waals surface area contributed by atoms with E-state index >= 15 is 0 Å². The molecule has 0 saturated carbocycles. The predicted octanol–water partition coefficient (Wildman–Crippen LogP) is 3.56. The lowest BCUT2D eigenvalue weighted by Gasteiger charge is -2.25. The van der Waals surface area contributed by atoms with Crippen LogP contribution >= 0.6 is 11.6 Å². The summed E-state index contributed by atoms with van der Waals surface area (Å²) < 4.78 is 30.3. The van der Waals surface area contributed by atoms with Gasteiger partial charge in [-0.15, -0.1) is 0 Å². The third-order valence-electron chi connectivity index (χ3n) is 3.31. The third kappa shape index (κ3) is 3.87. The Balaban J connectivity index is 1.78. The highest BCUT2D eigenvalue weighted by Crippen LogP contribution is 2.32. The monoisotopic (exact) mass is 366 g/mol. The fourth-order valence-corrected chi connectivity index (χ4v) is 2.12. The van der Waals surface area contributed by atoms with Crippen molar-refractivity contribution in [3.05, 3.63) is 48.4 Å². The lowest BCUT2D eigenvalue weighted by molar-refractivity contribution is 0.0551. The summed E-state index contributed by atoms with van der Waals surface area (Å²) in [6, 6.07) is 5.60. The van der Waals surface area contributed by atoms with Gasteiger partial charge in [0.2, 0.25) is 11.8 Å². The molecule has 3 heterocycles. The highest BCUT2D eigenvalue weighted by atomic mass is 35.5. The zero-order valence-electron chi connectivity index (χ0n) is 13.2. The van der Waals surface area contributed by atoms with Gasteiger partial charge < -0.3 is 9.84 Å². The van der Waals surface area contributed by atoms with Crippen LogP contribution in [0.2, 0.25) is 0 Å². The van der Waals surface area contributed by atoms with E-state index in [9.17, 15) is 8.78 Å². The number of anilines is 1. The smallest absolute Gasteiger partial charge is 0.344 e. The molecule has 0 aliphatic heterocycles. The first kappa shape index (κ1) is 17.2. The number of rotatable bonds is 5. The zero-order chi connectivity index (χ0) is 18.1. The molecular formula is C15H13ClF2N6O.